The van der Waals surface area contributed by atoms with Gasteiger partial charge in [-0.3, -0.25) is 4.90 Å². The van der Waals surface area contributed by atoms with Crippen LogP contribution in [-0.2, 0) is 4.74 Å². The minimum atomic E-state index is 0.119. The Morgan fingerprint density at radius 1 is 1.40 bits per heavy atom. The number of nitrogens with zero attached hydrogens (tertiary/aromatic N) is 1. The fourth-order valence-electron chi connectivity index (χ4n) is 3.08. The lowest BCUT2D eigenvalue weighted by Crippen LogP contribution is -2.57. The lowest BCUT2D eigenvalue weighted by atomic mass is 9.89. The van der Waals surface area contributed by atoms with Crippen LogP contribution in [0.1, 0.15) is 33.6 Å². The van der Waals surface area contributed by atoms with Gasteiger partial charge in [-0.25, -0.2) is 0 Å². The topological polar surface area (TPSA) is 38.5 Å². The van der Waals surface area contributed by atoms with Crippen LogP contribution < -0.4 is 5.73 Å². The molecule has 2 atom stereocenters. The van der Waals surface area contributed by atoms with Crippen molar-refractivity contribution in [2.24, 2.45) is 11.1 Å². The van der Waals surface area contributed by atoms with Gasteiger partial charge in [0.15, 0.2) is 0 Å². The van der Waals surface area contributed by atoms with Gasteiger partial charge in [-0.2, -0.15) is 0 Å². The van der Waals surface area contributed by atoms with Crippen LogP contribution in [0.15, 0.2) is 0 Å². The van der Waals surface area contributed by atoms with E-state index < -0.39 is 0 Å². The predicted octanol–water partition coefficient (Wildman–Crippen LogP) is 1.22. The Kier molecular flexibility index (Phi) is 2.82. The Morgan fingerprint density at radius 3 is 2.53 bits per heavy atom. The summed E-state index contributed by atoms with van der Waals surface area (Å²) in [7, 11) is 0. The number of hydrogen-bond donors (Lipinski definition) is 1. The molecule has 0 aliphatic carbocycles. The first-order valence-electron chi connectivity index (χ1n) is 6.07. The summed E-state index contributed by atoms with van der Waals surface area (Å²) in [5.41, 5.74) is 6.57. The third-order valence-corrected chi connectivity index (χ3v) is 4.32. The molecule has 2 aliphatic rings. The average Bonchev–Trinajstić information content (AvgIpc) is 2.70. The largest absolute Gasteiger partial charge is 0.376 e. The third kappa shape index (κ3) is 1.81. The van der Waals surface area contributed by atoms with E-state index in [2.05, 4.69) is 25.7 Å². The van der Waals surface area contributed by atoms with Crippen molar-refractivity contribution in [3.05, 3.63) is 0 Å². The van der Waals surface area contributed by atoms with Crippen LogP contribution in [0.3, 0.4) is 0 Å². The number of likely N-dealkylation sites (tertiary alicyclic amines) is 1. The zero-order chi connectivity index (χ0) is 11.1. The summed E-state index contributed by atoms with van der Waals surface area (Å²) in [5, 5.41) is 0. The molecule has 3 nitrogen and oxygen atoms in total. The SMILES string of the molecule is CC1OCCC1(CN)N1CCC(C)(C)C1. The quantitative estimate of drug-likeness (QED) is 0.748. The molecule has 0 aromatic rings. The zero-order valence-corrected chi connectivity index (χ0v) is 10.3. The van der Waals surface area contributed by atoms with Crippen molar-refractivity contribution in [1.29, 1.82) is 0 Å². The van der Waals surface area contributed by atoms with Crippen LogP contribution in [-0.4, -0.2) is 42.8 Å². The van der Waals surface area contributed by atoms with Crippen LogP contribution >= 0.6 is 0 Å². The van der Waals surface area contributed by atoms with Crippen LogP contribution in [0.4, 0.5) is 0 Å². The van der Waals surface area contributed by atoms with E-state index in [1.54, 1.807) is 0 Å². The van der Waals surface area contributed by atoms with E-state index in [9.17, 15) is 0 Å². The Labute approximate surface area is 93.0 Å². The molecule has 0 radical (unpaired) electrons. The van der Waals surface area contributed by atoms with E-state index in [-0.39, 0.29) is 11.6 Å². The van der Waals surface area contributed by atoms with E-state index in [0.29, 0.717) is 5.41 Å². The molecule has 2 N–H and O–H groups in total. The van der Waals surface area contributed by atoms with Crippen LogP contribution in [0, 0.1) is 5.41 Å². The van der Waals surface area contributed by atoms with E-state index in [4.69, 9.17) is 10.5 Å². The maximum atomic E-state index is 6.01. The molecule has 2 aliphatic heterocycles. The molecule has 88 valence electrons. The van der Waals surface area contributed by atoms with Crippen LogP contribution in [0.25, 0.3) is 0 Å². The van der Waals surface area contributed by atoms with E-state index in [1.807, 2.05) is 0 Å². The van der Waals surface area contributed by atoms with Gasteiger partial charge in [0.05, 0.1) is 11.6 Å². The number of rotatable bonds is 2. The Bertz CT molecular complexity index is 242. The molecule has 0 saturated carbocycles. The molecule has 2 heterocycles. The second-order valence-electron chi connectivity index (χ2n) is 5.91. The highest BCUT2D eigenvalue weighted by atomic mass is 16.5. The standard InChI is InChI=1S/C12H24N2O/c1-10-12(8-13,5-7-15-10)14-6-4-11(2,3)9-14/h10H,4-9,13H2,1-3H3. The summed E-state index contributed by atoms with van der Waals surface area (Å²) in [6.45, 7) is 10.8. The molecular weight excluding hydrogens is 188 g/mol. The first-order chi connectivity index (χ1) is 7.00. The number of hydrogen-bond acceptors (Lipinski definition) is 3. The second kappa shape index (κ2) is 3.72. The molecule has 0 aromatic heterocycles. The van der Waals surface area contributed by atoms with Gasteiger partial charge in [-0.1, -0.05) is 13.8 Å². The summed E-state index contributed by atoms with van der Waals surface area (Å²) in [4.78, 5) is 2.57. The normalized spacial score (nSPS) is 41.2. The summed E-state index contributed by atoms with van der Waals surface area (Å²) >= 11 is 0. The maximum Gasteiger partial charge on any atom is 0.0743 e. The van der Waals surface area contributed by atoms with Crippen molar-refractivity contribution < 1.29 is 4.74 Å². The Balaban J connectivity index is 2.14. The first-order valence-corrected chi connectivity index (χ1v) is 6.07. The number of ether oxygens (including phenoxy) is 1. The molecule has 2 fully saturated rings. The first kappa shape index (κ1) is 11.4. The number of nitrogens with two attached hydrogens (primary N) is 1. The molecule has 2 unspecified atom stereocenters. The van der Waals surface area contributed by atoms with Gasteiger partial charge in [0.2, 0.25) is 0 Å². The minimum Gasteiger partial charge on any atom is -0.376 e. The molecule has 2 saturated heterocycles. The fourth-order valence-corrected chi connectivity index (χ4v) is 3.08. The monoisotopic (exact) mass is 212 g/mol. The highest BCUT2D eigenvalue weighted by Crippen LogP contribution is 2.39. The second-order valence-corrected chi connectivity index (χ2v) is 5.91. The highest BCUT2D eigenvalue weighted by molar-refractivity contribution is 5.03. The lowest BCUT2D eigenvalue weighted by Gasteiger charge is -2.40. The molecule has 0 spiro atoms. The van der Waals surface area contributed by atoms with Gasteiger partial charge in [0.1, 0.15) is 0 Å². The summed E-state index contributed by atoms with van der Waals surface area (Å²) < 4.78 is 5.72. The van der Waals surface area contributed by atoms with Gasteiger partial charge >= 0.3 is 0 Å². The Morgan fingerprint density at radius 2 is 2.13 bits per heavy atom. The Hall–Kier alpha value is -0.120. The van der Waals surface area contributed by atoms with Crippen molar-refractivity contribution in [1.82, 2.24) is 4.90 Å². The van der Waals surface area contributed by atoms with Gasteiger partial charge in [-0.15, -0.1) is 0 Å². The third-order valence-electron chi connectivity index (χ3n) is 4.32. The van der Waals surface area contributed by atoms with Crippen LogP contribution in [0.5, 0.6) is 0 Å². The van der Waals surface area contributed by atoms with Crippen molar-refractivity contribution in [3.8, 4) is 0 Å². The predicted molar refractivity (Wildman–Crippen MR) is 61.8 cm³/mol. The van der Waals surface area contributed by atoms with Gasteiger partial charge < -0.3 is 10.5 Å². The van der Waals surface area contributed by atoms with E-state index in [1.165, 1.54) is 13.0 Å². The van der Waals surface area contributed by atoms with Crippen molar-refractivity contribution in [2.45, 2.75) is 45.3 Å². The highest BCUT2D eigenvalue weighted by Gasteiger charge is 2.48. The average molecular weight is 212 g/mol. The van der Waals surface area contributed by atoms with Crippen molar-refractivity contribution >= 4 is 0 Å². The molecule has 3 heteroatoms. The minimum absolute atomic E-state index is 0.119. The lowest BCUT2D eigenvalue weighted by molar-refractivity contribution is 0.0226. The van der Waals surface area contributed by atoms with Crippen molar-refractivity contribution in [3.63, 3.8) is 0 Å². The molecule has 15 heavy (non-hydrogen) atoms. The zero-order valence-electron chi connectivity index (χ0n) is 10.3. The molecule has 2 rings (SSSR count). The van der Waals surface area contributed by atoms with Gasteiger partial charge in [0, 0.05) is 19.7 Å². The maximum absolute atomic E-state index is 6.01. The smallest absolute Gasteiger partial charge is 0.0743 e. The summed E-state index contributed by atoms with van der Waals surface area (Å²) in [5.74, 6) is 0. The summed E-state index contributed by atoms with van der Waals surface area (Å²) in [6, 6.07) is 0. The summed E-state index contributed by atoms with van der Waals surface area (Å²) in [6.07, 6.45) is 2.67. The van der Waals surface area contributed by atoms with E-state index >= 15 is 0 Å². The fraction of sp³-hybridized carbons (Fsp3) is 1.00. The molecule has 0 amide bonds. The van der Waals surface area contributed by atoms with Crippen LogP contribution in [0.2, 0.25) is 0 Å². The van der Waals surface area contributed by atoms with E-state index in [0.717, 1.165) is 26.1 Å². The molecule has 0 bridgehead atoms. The molecule has 0 aromatic carbocycles. The van der Waals surface area contributed by atoms with Gasteiger partial charge in [0.25, 0.3) is 0 Å². The van der Waals surface area contributed by atoms with Crippen molar-refractivity contribution in [2.75, 3.05) is 26.2 Å². The molecular formula is C12H24N2O. The van der Waals surface area contributed by atoms with Gasteiger partial charge in [-0.05, 0) is 31.7 Å².